The topological polar surface area (TPSA) is 78.4 Å². The van der Waals surface area contributed by atoms with Gasteiger partial charge < -0.3 is 15.7 Å². The van der Waals surface area contributed by atoms with Crippen molar-refractivity contribution in [2.24, 2.45) is 0 Å². The van der Waals surface area contributed by atoms with Gasteiger partial charge in [0.2, 0.25) is 5.91 Å². The van der Waals surface area contributed by atoms with Crippen molar-refractivity contribution in [3.05, 3.63) is 58.3 Å². The molecule has 0 saturated carbocycles. The highest BCUT2D eigenvalue weighted by atomic mass is 32.1. The van der Waals surface area contributed by atoms with Gasteiger partial charge in [-0.3, -0.25) is 9.59 Å². The summed E-state index contributed by atoms with van der Waals surface area (Å²) in [6, 6.07) is 12.3. The molecule has 0 bridgehead atoms. The van der Waals surface area contributed by atoms with Gasteiger partial charge in [-0.1, -0.05) is 36.4 Å². The van der Waals surface area contributed by atoms with Gasteiger partial charge in [-0.05, 0) is 23.9 Å². The van der Waals surface area contributed by atoms with Crippen LogP contribution in [0.25, 0.3) is 0 Å². The number of rotatable bonds is 7. The van der Waals surface area contributed by atoms with Gasteiger partial charge in [0, 0.05) is 13.0 Å². The third-order valence-electron chi connectivity index (χ3n) is 3.22. The van der Waals surface area contributed by atoms with Gasteiger partial charge in [-0.25, -0.2) is 0 Å². The van der Waals surface area contributed by atoms with Crippen LogP contribution in [0.3, 0.4) is 0 Å². The molecule has 3 N–H and O–H groups in total. The molecule has 2 amide bonds. The molecular formula is C17H20N2O3S. The van der Waals surface area contributed by atoms with Gasteiger partial charge in [0.1, 0.15) is 6.04 Å². The summed E-state index contributed by atoms with van der Waals surface area (Å²) in [4.78, 5) is 25.1. The first kappa shape index (κ1) is 17.2. The smallest absolute Gasteiger partial charge is 0.262 e. The highest BCUT2D eigenvalue weighted by Crippen LogP contribution is 2.10. The van der Waals surface area contributed by atoms with Crippen LogP contribution in [0.2, 0.25) is 0 Å². The van der Waals surface area contributed by atoms with Gasteiger partial charge in [-0.15, -0.1) is 11.3 Å². The average Bonchev–Trinajstić information content (AvgIpc) is 3.07. The van der Waals surface area contributed by atoms with Crippen molar-refractivity contribution >= 4 is 23.2 Å². The first-order valence-electron chi connectivity index (χ1n) is 7.40. The summed E-state index contributed by atoms with van der Waals surface area (Å²) in [5.41, 5.74) is 0.955. The summed E-state index contributed by atoms with van der Waals surface area (Å²) >= 11 is 1.33. The zero-order valence-electron chi connectivity index (χ0n) is 12.9. The Morgan fingerprint density at radius 3 is 2.52 bits per heavy atom. The molecule has 0 radical (unpaired) electrons. The van der Waals surface area contributed by atoms with E-state index in [-0.39, 0.29) is 18.4 Å². The van der Waals surface area contributed by atoms with E-state index in [4.69, 9.17) is 0 Å². The minimum Gasteiger partial charge on any atom is -0.392 e. The molecule has 1 heterocycles. The lowest BCUT2D eigenvalue weighted by Crippen LogP contribution is -2.49. The molecule has 2 rings (SSSR count). The first-order valence-corrected chi connectivity index (χ1v) is 8.28. The third kappa shape index (κ3) is 5.50. The number of carbonyl (C=O) groups excluding carboxylic acids is 2. The van der Waals surface area contributed by atoms with Crippen molar-refractivity contribution in [1.29, 1.82) is 0 Å². The van der Waals surface area contributed by atoms with Crippen molar-refractivity contribution in [3.63, 3.8) is 0 Å². The van der Waals surface area contributed by atoms with E-state index in [0.717, 1.165) is 5.56 Å². The molecule has 1 aromatic heterocycles. The SMILES string of the molecule is CC(O)CNC(=O)C(Cc1ccccc1)NC(=O)c1cccs1. The van der Waals surface area contributed by atoms with Crippen LogP contribution in [0.1, 0.15) is 22.2 Å². The van der Waals surface area contributed by atoms with E-state index in [1.165, 1.54) is 11.3 Å². The number of aliphatic hydroxyl groups excluding tert-OH is 1. The van der Waals surface area contributed by atoms with E-state index in [1.54, 1.807) is 19.1 Å². The van der Waals surface area contributed by atoms with E-state index in [9.17, 15) is 14.7 Å². The van der Waals surface area contributed by atoms with Crippen LogP contribution in [0.5, 0.6) is 0 Å². The number of hydrogen-bond acceptors (Lipinski definition) is 4. The second-order valence-corrected chi connectivity index (χ2v) is 6.23. The normalized spacial score (nSPS) is 13.1. The predicted molar refractivity (Wildman–Crippen MR) is 90.4 cm³/mol. The second-order valence-electron chi connectivity index (χ2n) is 5.29. The fourth-order valence-electron chi connectivity index (χ4n) is 2.07. The van der Waals surface area contributed by atoms with E-state index >= 15 is 0 Å². The first-order chi connectivity index (χ1) is 11.1. The highest BCUT2D eigenvalue weighted by Gasteiger charge is 2.22. The molecule has 122 valence electrons. The number of aliphatic hydroxyl groups is 1. The lowest BCUT2D eigenvalue weighted by Gasteiger charge is -2.19. The zero-order chi connectivity index (χ0) is 16.7. The third-order valence-corrected chi connectivity index (χ3v) is 4.09. The maximum atomic E-state index is 12.3. The monoisotopic (exact) mass is 332 g/mol. The largest absolute Gasteiger partial charge is 0.392 e. The number of thiophene rings is 1. The lowest BCUT2D eigenvalue weighted by molar-refractivity contribution is -0.123. The van der Waals surface area contributed by atoms with Crippen LogP contribution in [0.15, 0.2) is 47.8 Å². The predicted octanol–water partition coefficient (Wildman–Crippen LogP) is 1.59. The minimum atomic E-state index is -0.689. The van der Waals surface area contributed by atoms with Crippen molar-refractivity contribution in [1.82, 2.24) is 10.6 Å². The number of carbonyl (C=O) groups is 2. The summed E-state index contributed by atoms with van der Waals surface area (Å²) < 4.78 is 0. The average molecular weight is 332 g/mol. The van der Waals surface area contributed by atoms with E-state index in [2.05, 4.69) is 10.6 Å². The molecule has 0 aliphatic heterocycles. The molecule has 2 aromatic rings. The summed E-state index contributed by atoms with van der Waals surface area (Å²) in [6.07, 6.45) is -0.242. The van der Waals surface area contributed by atoms with Gasteiger partial charge in [0.25, 0.3) is 5.91 Å². The Morgan fingerprint density at radius 2 is 1.91 bits per heavy atom. The van der Waals surface area contributed by atoms with Crippen LogP contribution < -0.4 is 10.6 Å². The van der Waals surface area contributed by atoms with Gasteiger partial charge in [0.15, 0.2) is 0 Å². The van der Waals surface area contributed by atoms with Crippen molar-refractivity contribution in [2.45, 2.75) is 25.5 Å². The molecule has 1 aromatic carbocycles. The van der Waals surface area contributed by atoms with E-state index in [1.807, 2.05) is 35.7 Å². The fraction of sp³-hybridized carbons (Fsp3) is 0.294. The Labute approximate surface area is 139 Å². The molecule has 6 heteroatoms. The molecule has 0 fully saturated rings. The fourth-order valence-corrected chi connectivity index (χ4v) is 2.69. The second kappa shape index (κ2) is 8.45. The van der Waals surface area contributed by atoms with Crippen LogP contribution in [-0.2, 0) is 11.2 Å². The van der Waals surface area contributed by atoms with Crippen LogP contribution in [0.4, 0.5) is 0 Å². The summed E-state index contributed by atoms with van der Waals surface area (Å²) in [7, 11) is 0. The number of hydrogen-bond donors (Lipinski definition) is 3. The van der Waals surface area contributed by atoms with Gasteiger partial charge in [-0.2, -0.15) is 0 Å². The Hall–Kier alpha value is -2.18. The maximum Gasteiger partial charge on any atom is 0.262 e. The molecule has 2 unspecified atom stereocenters. The molecule has 23 heavy (non-hydrogen) atoms. The molecular weight excluding hydrogens is 312 g/mol. The number of nitrogens with one attached hydrogen (secondary N) is 2. The molecule has 0 spiro atoms. The van der Waals surface area contributed by atoms with Crippen molar-refractivity contribution < 1.29 is 14.7 Å². The molecule has 0 aliphatic carbocycles. The minimum absolute atomic E-state index is 0.152. The van der Waals surface area contributed by atoms with Crippen molar-refractivity contribution in [2.75, 3.05) is 6.54 Å². The van der Waals surface area contributed by atoms with Crippen LogP contribution >= 0.6 is 11.3 Å². The summed E-state index contributed by atoms with van der Waals surface area (Å²) in [5, 5.41) is 16.5. The Kier molecular flexibility index (Phi) is 6.31. The highest BCUT2D eigenvalue weighted by molar-refractivity contribution is 7.12. The zero-order valence-corrected chi connectivity index (χ0v) is 13.7. The Bertz CT molecular complexity index is 627. The molecule has 0 saturated heterocycles. The maximum absolute atomic E-state index is 12.3. The van der Waals surface area contributed by atoms with E-state index in [0.29, 0.717) is 11.3 Å². The lowest BCUT2D eigenvalue weighted by atomic mass is 10.0. The van der Waals surface area contributed by atoms with Crippen LogP contribution in [0, 0.1) is 0 Å². The summed E-state index contributed by atoms with van der Waals surface area (Å²) in [5.74, 6) is -0.576. The standard InChI is InChI=1S/C17H20N2O3S/c1-12(20)11-18-16(21)14(10-13-6-3-2-4-7-13)19-17(22)15-8-5-9-23-15/h2-9,12,14,20H,10-11H2,1H3,(H,18,21)(H,19,22). The van der Waals surface area contributed by atoms with E-state index < -0.39 is 12.1 Å². The molecule has 5 nitrogen and oxygen atoms in total. The van der Waals surface area contributed by atoms with Gasteiger partial charge in [0.05, 0.1) is 11.0 Å². The summed E-state index contributed by atoms with van der Waals surface area (Å²) in [6.45, 7) is 1.75. The number of amides is 2. The quantitative estimate of drug-likeness (QED) is 0.720. The van der Waals surface area contributed by atoms with Crippen molar-refractivity contribution in [3.8, 4) is 0 Å². The molecule has 2 atom stereocenters. The number of benzene rings is 1. The van der Waals surface area contributed by atoms with Crippen LogP contribution in [-0.4, -0.2) is 35.6 Å². The molecule has 0 aliphatic rings. The Morgan fingerprint density at radius 1 is 1.17 bits per heavy atom. The van der Waals surface area contributed by atoms with Gasteiger partial charge >= 0.3 is 0 Å². The Balaban J connectivity index is 2.07.